The zero-order valence-corrected chi connectivity index (χ0v) is 12.2. The Morgan fingerprint density at radius 3 is 2.44 bits per heavy atom. The Morgan fingerprint density at radius 1 is 1.06 bits per heavy atom. The van der Waals surface area contributed by atoms with E-state index in [2.05, 4.69) is 46.3 Å². The monoisotopic (exact) mass is 255 g/mol. The van der Waals surface area contributed by atoms with Gasteiger partial charge in [0.2, 0.25) is 0 Å². The van der Waals surface area contributed by atoms with E-state index in [0.717, 1.165) is 32.1 Å². The van der Waals surface area contributed by atoms with Crippen molar-refractivity contribution in [1.29, 1.82) is 0 Å². The van der Waals surface area contributed by atoms with E-state index in [1.165, 1.54) is 32.6 Å². The largest absolute Gasteiger partial charge is 0.357 e. The minimum absolute atomic E-state index is 0.874. The molecule has 18 heavy (non-hydrogen) atoms. The molecule has 0 aromatic rings. The van der Waals surface area contributed by atoms with Gasteiger partial charge in [0.25, 0.3) is 0 Å². The number of rotatable bonds is 5. The van der Waals surface area contributed by atoms with Crippen LogP contribution in [0.5, 0.6) is 0 Å². The number of likely N-dealkylation sites (N-methyl/N-ethyl adjacent to an activating group) is 1. The second-order valence-electron chi connectivity index (χ2n) is 4.79. The Bertz CT molecular complexity index is 234. The molecule has 0 aromatic carbocycles. The quantitative estimate of drug-likeness (QED) is 0.544. The van der Waals surface area contributed by atoms with Crippen LogP contribution in [0.1, 0.15) is 20.3 Å². The third-order valence-corrected chi connectivity index (χ3v) is 3.19. The summed E-state index contributed by atoms with van der Waals surface area (Å²) >= 11 is 0. The average Bonchev–Trinajstić information content (AvgIpc) is 2.55. The van der Waals surface area contributed by atoms with Gasteiger partial charge in [-0.1, -0.05) is 0 Å². The SMILES string of the molecule is CCNC(=NCCN1CCCN(C)CC1)NCC. The highest BCUT2D eigenvalue weighted by molar-refractivity contribution is 5.79. The van der Waals surface area contributed by atoms with Crippen molar-refractivity contribution < 1.29 is 0 Å². The van der Waals surface area contributed by atoms with Crippen molar-refractivity contribution in [2.24, 2.45) is 4.99 Å². The Morgan fingerprint density at radius 2 is 1.78 bits per heavy atom. The number of aliphatic imine (C=N–C) groups is 1. The second-order valence-corrected chi connectivity index (χ2v) is 4.79. The Labute approximate surface area is 112 Å². The Kier molecular flexibility index (Phi) is 7.76. The molecule has 0 bridgehead atoms. The molecule has 0 atom stereocenters. The van der Waals surface area contributed by atoms with E-state index in [-0.39, 0.29) is 0 Å². The summed E-state index contributed by atoms with van der Waals surface area (Å²) in [6.07, 6.45) is 1.27. The maximum absolute atomic E-state index is 4.59. The summed E-state index contributed by atoms with van der Waals surface area (Å²) in [5.74, 6) is 0.937. The van der Waals surface area contributed by atoms with Crippen molar-refractivity contribution in [1.82, 2.24) is 20.4 Å². The Hall–Kier alpha value is -0.810. The summed E-state index contributed by atoms with van der Waals surface area (Å²) in [6.45, 7) is 12.7. The lowest BCUT2D eigenvalue weighted by atomic mass is 10.4. The fourth-order valence-corrected chi connectivity index (χ4v) is 2.14. The second kappa shape index (κ2) is 9.16. The highest BCUT2D eigenvalue weighted by atomic mass is 15.2. The van der Waals surface area contributed by atoms with Crippen LogP contribution in [0.2, 0.25) is 0 Å². The number of hydrogen-bond donors (Lipinski definition) is 2. The van der Waals surface area contributed by atoms with E-state index < -0.39 is 0 Å². The number of guanidine groups is 1. The van der Waals surface area contributed by atoms with Gasteiger partial charge in [0.1, 0.15) is 0 Å². The van der Waals surface area contributed by atoms with E-state index >= 15 is 0 Å². The van der Waals surface area contributed by atoms with Crippen LogP contribution in [0.4, 0.5) is 0 Å². The summed E-state index contributed by atoms with van der Waals surface area (Å²) in [5, 5.41) is 6.51. The fourth-order valence-electron chi connectivity index (χ4n) is 2.14. The van der Waals surface area contributed by atoms with Gasteiger partial charge in [0, 0.05) is 32.7 Å². The summed E-state index contributed by atoms with van der Waals surface area (Å²) in [7, 11) is 2.20. The molecule has 0 amide bonds. The smallest absolute Gasteiger partial charge is 0.191 e. The van der Waals surface area contributed by atoms with Gasteiger partial charge in [-0.05, 0) is 40.4 Å². The van der Waals surface area contributed by atoms with Gasteiger partial charge in [0.05, 0.1) is 6.54 Å². The maximum atomic E-state index is 4.59. The van der Waals surface area contributed by atoms with Crippen LogP contribution >= 0.6 is 0 Å². The van der Waals surface area contributed by atoms with E-state index in [0.29, 0.717) is 0 Å². The lowest BCUT2D eigenvalue weighted by Crippen LogP contribution is -2.38. The van der Waals surface area contributed by atoms with Gasteiger partial charge in [-0.2, -0.15) is 0 Å². The first-order valence-corrected chi connectivity index (χ1v) is 7.19. The van der Waals surface area contributed by atoms with Gasteiger partial charge >= 0.3 is 0 Å². The van der Waals surface area contributed by atoms with E-state index in [1.807, 2.05) is 0 Å². The average molecular weight is 255 g/mol. The lowest BCUT2D eigenvalue weighted by molar-refractivity contribution is 0.283. The van der Waals surface area contributed by atoms with Crippen LogP contribution in [0, 0.1) is 0 Å². The van der Waals surface area contributed by atoms with Crippen LogP contribution in [-0.2, 0) is 0 Å². The van der Waals surface area contributed by atoms with Crippen LogP contribution < -0.4 is 10.6 Å². The summed E-state index contributed by atoms with van der Waals surface area (Å²) < 4.78 is 0. The molecule has 0 aromatic heterocycles. The minimum Gasteiger partial charge on any atom is -0.357 e. The molecular formula is C13H29N5. The highest BCUT2D eigenvalue weighted by Crippen LogP contribution is 2.00. The molecule has 1 rings (SSSR count). The molecule has 1 aliphatic heterocycles. The number of hydrogen-bond acceptors (Lipinski definition) is 3. The molecule has 0 aliphatic carbocycles. The normalized spacial score (nSPS) is 18.2. The van der Waals surface area contributed by atoms with Crippen LogP contribution in [0.15, 0.2) is 4.99 Å². The molecule has 106 valence electrons. The van der Waals surface area contributed by atoms with Crippen molar-refractivity contribution in [3.05, 3.63) is 0 Å². The van der Waals surface area contributed by atoms with Gasteiger partial charge in [0.15, 0.2) is 5.96 Å². The van der Waals surface area contributed by atoms with Crippen molar-refractivity contribution >= 4 is 5.96 Å². The van der Waals surface area contributed by atoms with E-state index in [4.69, 9.17) is 0 Å². The lowest BCUT2D eigenvalue weighted by Gasteiger charge is -2.19. The highest BCUT2D eigenvalue weighted by Gasteiger charge is 2.10. The van der Waals surface area contributed by atoms with Gasteiger partial charge in [-0.25, -0.2) is 0 Å². The zero-order valence-electron chi connectivity index (χ0n) is 12.2. The first-order chi connectivity index (χ1) is 8.76. The Balaban J connectivity index is 2.27. The zero-order chi connectivity index (χ0) is 13.2. The first kappa shape index (κ1) is 15.2. The standard InChI is InChI=1S/C13H29N5/c1-4-14-13(15-5-2)16-7-10-18-9-6-8-17(3)11-12-18/h4-12H2,1-3H3,(H2,14,15,16). The number of nitrogens with zero attached hydrogens (tertiary/aromatic N) is 3. The van der Waals surface area contributed by atoms with Crippen molar-refractivity contribution in [2.75, 3.05) is 59.4 Å². The summed E-state index contributed by atoms with van der Waals surface area (Å²) in [4.78, 5) is 9.51. The molecule has 0 spiro atoms. The van der Waals surface area contributed by atoms with Gasteiger partial charge in [-0.3, -0.25) is 4.99 Å². The van der Waals surface area contributed by atoms with Gasteiger partial charge < -0.3 is 20.4 Å². The molecule has 0 radical (unpaired) electrons. The van der Waals surface area contributed by atoms with E-state index in [9.17, 15) is 0 Å². The molecule has 1 heterocycles. The predicted octanol–water partition coefficient (Wildman–Crippen LogP) is 0.199. The first-order valence-electron chi connectivity index (χ1n) is 7.19. The van der Waals surface area contributed by atoms with Crippen molar-refractivity contribution in [3.63, 3.8) is 0 Å². The summed E-state index contributed by atoms with van der Waals surface area (Å²) in [6, 6.07) is 0. The molecule has 5 nitrogen and oxygen atoms in total. The molecule has 0 saturated carbocycles. The van der Waals surface area contributed by atoms with Crippen molar-refractivity contribution in [3.8, 4) is 0 Å². The predicted molar refractivity (Wildman–Crippen MR) is 78.2 cm³/mol. The number of nitrogens with one attached hydrogen (secondary N) is 2. The maximum Gasteiger partial charge on any atom is 0.191 e. The van der Waals surface area contributed by atoms with E-state index in [1.54, 1.807) is 0 Å². The molecule has 1 saturated heterocycles. The molecule has 2 N–H and O–H groups in total. The minimum atomic E-state index is 0.874. The fraction of sp³-hybridized carbons (Fsp3) is 0.923. The molecular weight excluding hydrogens is 226 g/mol. The van der Waals surface area contributed by atoms with Crippen LogP contribution in [0.3, 0.4) is 0 Å². The third-order valence-electron chi connectivity index (χ3n) is 3.19. The molecule has 0 unspecified atom stereocenters. The topological polar surface area (TPSA) is 42.9 Å². The molecule has 1 fully saturated rings. The summed E-state index contributed by atoms with van der Waals surface area (Å²) in [5.41, 5.74) is 0. The van der Waals surface area contributed by atoms with Crippen molar-refractivity contribution in [2.45, 2.75) is 20.3 Å². The van der Waals surface area contributed by atoms with Gasteiger partial charge in [-0.15, -0.1) is 0 Å². The van der Waals surface area contributed by atoms with Crippen LogP contribution in [-0.4, -0.2) is 75.2 Å². The molecule has 1 aliphatic rings. The van der Waals surface area contributed by atoms with Crippen LogP contribution in [0.25, 0.3) is 0 Å². The third kappa shape index (κ3) is 6.21. The molecule has 5 heteroatoms.